The van der Waals surface area contributed by atoms with Gasteiger partial charge in [-0.3, -0.25) is 10.1 Å². The van der Waals surface area contributed by atoms with Crippen LogP contribution in [0.2, 0.25) is 0 Å². The average Bonchev–Trinajstić information content (AvgIpc) is 2.63. The number of likely N-dealkylation sites (tertiary alicyclic amines) is 1. The fourth-order valence-corrected chi connectivity index (χ4v) is 3.18. The summed E-state index contributed by atoms with van der Waals surface area (Å²) in [6.45, 7) is 5.06. The molecule has 8 heteroatoms. The SMILES string of the molecule is CCS/C(N)=N/N=C(\CCN1CCCCC1)c1cccc([N+](=O)[O-])c1. The van der Waals surface area contributed by atoms with Gasteiger partial charge in [0.1, 0.15) is 0 Å². The number of hydrogen-bond donors (Lipinski definition) is 1. The Kier molecular flexibility index (Phi) is 7.87. The third-order valence-electron chi connectivity index (χ3n) is 4.07. The number of rotatable bonds is 7. The molecule has 2 N–H and O–H groups in total. The lowest BCUT2D eigenvalue weighted by Crippen LogP contribution is -2.31. The van der Waals surface area contributed by atoms with Crippen LogP contribution in [-0.2, 0) is 0 Å². The van der Waals surface area contributed by atoms with Crippen molar-refractivity contribution in [2.45, 2.75) is 32.6 Å². The summed E-state index contributed by atoms with van der Waals surface area (Å²) >= 11 is 1.42. The van der Waals surface area contributed by atoms with Crippen LogP contribution >= 0.6 is 11.8 Å². The van der Waals surface area contributed by atoms with Gasteiger partial charge in [0, 0.05) is 30.7 Å². The van der Waals surface area contributed by atoms with Crippen molar-refractivity contribution in [1.82, 2.24) is 4.90 Å². The molecule has 0 atom stereocenters. The van der Waals surface area contributed by atoms with Crippen molar-refractivity contribution in [2.24, 2.45) is 15.9 Å². The standard InChI is InChI=1S/C17H25N5O2S/c1-2-25-17(18)20-19-16(9-12-21-10-4-3-5-11-21)14-7-6-8-15(13-14)22(23)24/h6-8,13H,2-5,9-12H2,1H3,(H2,18,20)/b19-16+. The molecule has 0 unspecified atom stereocenters. The van der Waals surface area contributed by atoms with Gasteiger partial charge in [-0.05, 0) is 31.7 Å². The predicted molar refractivity (Wildman–Crippen MR) is 104 cm³/mol. The second-order valence-corrected chi connectivity index (χ2v) is 7.16. The number of non-ortho nitro benzene ring substituents is 1. The lowest BCUT2D eigenvalue weighted by molar-refractivity contribution is -0.384. The van der Waals surface area contributed by atoms with Crippen molar-refractivity contribution in [2.75, 3.05) is 25.4 Å². The number of nitro groups is 1. The molecule has 136 valence electrons. The van der Waals surface area contributed by atoms with E-state index in [9.17, 15) is 10.1 Å². The summed E-state index contributed by atoms with van der Waals surface area (Å²) in [4.78, 5) is 13.1. The Morgan fingerprint density at radius 3 is 2.76 bits per heavy atom. The van der Waals surface area contributed by atoms with Gasteiger partial charge in [-0.15, -0.1) is 5.10 Å². The van der Waals surface area contributed by atoms with Crippen LogP contribution < -0.4 is 5.73 Å². The van der Waals surface area contributed by atoms with E-state index in [1.54, 1.807) is 12.1 Å². The summed E-state index contributed by atoms with van der Waals surface area (Å²) in [5, 5.41) is 19.8. The van der Waals surface area contributed by atoms with Gasteiger partial charge in [-0.25, -0.2) is 0 Å². The first-order valence-electron chi connectivity index (χ1n) is 8.60. The molecule has 1 aromatic carbocycles. The smallest absolute Gasteiger partial charge is 0.270 e. The van der Waals surface area contributed by atoms with Gasteiger partial charge in [-0.1, -0.05) is 37.2 Å². The molecular formula is C17H25N5O2S. The van der Waals surface area contributed by atoms with E-state index in [4.69, 9.17) is 5.73 Å². The van der Waals surface area contributed by atoms with E-state index in [1.165, 1.54) is 37.1 Å². The van der Waals surface area contributed by atoms with Crippen molar-refractivity contribution in [3.63, 3.8) is 0 Å². The minimum absolute atomic E-state index is 0.0584. The fraction of sp³-hybridized carbons (Fsp3) is 0.529. The van der Waals surface area contributed by atoms with Crippen molar-refractivity contribution >= 4 is 28.3 Å². The minimum atomic E-state index is -0.393. The molecule has 0 radical (unpaired) electrons. The Labute approximate surface area is 152 Å². The molecule has 2 rings (SSSR count). The van der Waals surface area contributed by atoms with E-state index >= 15 is 0 Å². The van der Waals surface area contributed by atoms with E-state index in [1.807, 2.05) is 13.0 Å². The van der Waals surface area contributed by atoms with E-state index < -0.39 is 4.92 Å². The first kappa shape index (κ1) is 19.4. The van der Waals surface area contributed by atoms with Crippen LogP contribution in [-0.4, -0.2) is 46.1 Å². The van der Waals surface area contributed by atoms with Crippen LogP contribution in [0.3, 0.4) is 0 Å². The summed E-state index contributed by atoms with van der Waals surface area (Å²) < 4.78 is 0. The second-order valence-electron chi connectivity index (χ2n) is 5.88. The molecule has 0 amide bonds. The lowest BCUT2D eigenvalue weighted by Gasteiger charge is -2.26. The summed E-state index contributed by atoms with van der Waals surface area (Å²) in [5.41, 5.74) is 7.33. The fourth-order valence-electron chi connectivity index (χ4n) is 2.78. The topological polar surface area (TPSA) is 97.1 Å². The summed E-state index contributed by atoms with van der Waals surface area (Å²) in [6.07, 6.45) is 4.43. The molecule has 25 heavy (non-hydrogen) atoms. The van der Waals surface area contributed by atoms with E-state index in [-0.39, 0.29) is 5.69 Å². The first-order valence-corrected chi connectivity index (χ1v) is 9.58. The average molecular weight is 363 g/mol. The maximum Gasteiger partial charge on any atom is 0.270 e. The zero-order valence-electron chi connectivity index (χ0n) is 14.6. The summed E-state index contributed by atoms with van der Waals surface area (Å²) in [7, 11) is 0. The molecule has 1 fully saturated rings. The molecule has 1 aromatic rings. The molecule has 0 aliphatic carbocycles. The van der Waals surface area contributed by atoms with Crippen LogP contribution in [0, 0.1) is 10.1 Å². The normalized spacial score (nSPS) is 16.8. The van der Waals surface area contributed by atoms with Crippen LogP contribution in [0.4, 0.5) is 5.69 Å². The van der Waals surface area contributed by atoms with Gasteiger partial charge in [0.2, 0.25) is 0 Å². The largest absolute Gasteiger partial charge is 0.377 e. The first-order chi connectivity index (χ1) is 12.1. The lowest BCUT2D eigenvalue weighted by atomic mass is 10.1. The second kappa shape index (κ2) is 10.1. The Morgan fingerprint density at radius 1 is 1.32 bits per heavy atom. The van der Waals surface area contributed by atoms with Crippen molar-refractivity contribution in [3.8, 4) is 0 Å². The predicted octanol–water partition coefficient (Wildman–Crippen LogP) is 3.24. The molecule has 0 bridgehead atoms. The van der Waals surface area contributed by atoms with Crippen LogP contribution in [0.15, 0.2) is 34.5 Å². The monoisotopic (exact) mass is 363 g/mol. The highest BCUT2D eigenvalue weighted by molar-refractivity contribution is 8.13. The molecule has 7 nitrogen and oxygen atoms in total. The van der Waals surface area contributed by atoms with Crippen molar-refractivity contribution in [1.29, 1.82) is 0 Å². The molecule has 1 saturated heterocycles. The number of nitro benzene ring substituents is 1. The van der Waals surface area contributed by atoms with Gasteiger partial charge in [0.25, 0.3) is 5.69 Å². The molecule has 1 aliphatic rings. The number of nitrogens with two attached hydrogens (primary N) is 1. The molecule has 0 spiro atoms. The third kappa shape index (κ3) is 6.47. The van der Waals surface area contributed by atoms with Gasteiger partial charge < -0.3 is 10.6 Å². The van der Waals surface area contributed by atoms with Crippen molar-refractivity contribution < 1.29 is 4.92 Å². The van der Waals surface area contributed by atoms with Crippen molar-refractivity contribution in [3.05, 3.63) is 39.9 Å². The molecule has 0 aromatic heterocycles. The van der Waals surface area contributed by atoms with Crippen LogP contribution in [0.25, 0.3) is 0 Å². The van der Waals surface area contributed by atoms with Gasteiger partial charge in [0.05, 0.1) is 10.6 Å². The summed E-state index contributed by atoms with van der Waals surface area (Å²) in [5.74, 6) is 0.824. The maximum atomic E-state index is 11.0. The molecule has 0 saturated carbocycles. The zero-order valence-corrected chi connectivity index (χ0v) is 15.4. The zero-order chi connectivity index (χ0) is 18.1. The Morgan fingerprint density at radius 2 is 2.08 bits per heavy atom. The molecule has 1 heterocycles. The number of piperidine rings is 1. The Hall–Kier alpha value is -1.93. The Balaban J connectivity index is 2.18. The Bertz CT molecular complexity index is 642. The number of hydrogen-bond acceptors (Lipinski definition) is 6. The molecular weight excluding hydrogens is 338 g/mol. The number of nitrogens with zero attached hydrogens (tertiary/aromatic N) is 4. The van der Waals surface area contributed by atoms with Gasteiger partial charge >= 0.3 is 0 Å². The number of benzene rings is 1. The highest BCUT2D eigenvalue weighted by Gasteiger charge is 2.14. The van der Waals surface area contributed by atoms with Crippen LogP contribution in [0.5, 0.6) is 0 Å². The van der Waals surface area contributed by atoms with E-state index in [0.29, 0.717) is 11.6 Å². The third-order valence-corrected chi connectivity index (χ3v) is 4.73. The van der Waals surface area contributed by atoms with E-state index in [0.717, 1.165) is 36.7 Å². The number of thioether (sulfide) groups is 1. The summed E-state index contributed by atoms with van der Waals surface area (Å²) in [6, 6.07) is 6.54. The van der Waals surface area contributed by atoms with Crippen LogP contribution in [0.1, 0.15) is 38.2 Å². The highest BCUT2D eigenvalue weighted by atomic mass is 32.2. The quantitative estimate of drug-likeness (QED) is 0.347. The maximum absolute atomic E-state index is 11.0. The van der Waals surface area contributed by atoms with E-state index in [2.05, 4.69) is 15.1 Å². The number of amidine groups is 1. The minimum Gasteiger partial charge on any atom is -0.377 e. The highest BCUT2D eigenvalue weighted by Crippen LogP contribution is 2.17. The van der Waals surface area contributed by atoms with Gasteiger partial charge in [-0.2, -0.15) is 5.10 Å². The molecule has 1 aliphatic heterocycles. The van der Waals surface area contributed by atoms with Gasteiger partial charge in [0.15, 0.2) is 5.17 Å².